The second-order valence-corrected chi connectivity index (χ2v) is 8.68. The Kier molecular flexibility index (Phi) is 3.75. The Hall–Kier alpha value is -1.63. The number of thiophene rings is 1. The minimum Gasteiger partial charge on any atom is -0.346 e. The molecule has 4 rings (SSSR count). The Morgan fingerprint density at radius 3 is 2.87 bits per heavy atom. The molecule has 1 saturated heterocycles. The van der Waals surface area contributed by atoms with Crippen LogP contribution in [0, 0.1) is 5.92 Å². The van der Waals surface area contributed by atoms with Gasteiger partial charge in [-0.2, -0.15) is 11.3 Å². The molecule has 23 heavy (non-hydrogen) atoms. The summed E-state index contributed by atoms with van der Waals surface area (Å²) in [6.07, 6.45) is 2.95. The fourth-order valence-electron chi connectivity index (χ4n) is 3.26. The van der Waals surface area contributed by atoms with E-state index in [2.05, 4.69) is 9.88 Å². The van der Waals surface area contributed by atoms with Crippen LogP contribution in [-0.4, -0.2) is 26.1 Å². The van der Waals surface area contributed by atoms with E-state index in [4.69, 9.17) is 0 Å². The third kappa shape index (κ3) is 2.60. The third-order valence-electron chi connectivity index (χ3n) is 4.46. The van der Waals surface area contributed by atoms with Crippen molar-refractivity contribution in [2.45, 2.75) is 22.8 Å². The molecule has 1 aromatic carbocycles. The van der Waals surface area contributed by atoms with Crippen LogP contribution in [0.1, 0.15) is 6.42 Å². The fraction of sp³-hybridized carbons (Fsp3) is 0.294. The molecule has 120 valence electrons. The standard InChI is InChI=1S/C17H18N2O2S2/c20-23(21,14-6-8-22-12-14)17-11-19(10-13-5-7-18-9-13)16-4-2-1-3-15(16)17/h1-4,6,8,11-13,18H,5,7,9-10H2. The zero-order chi connectivity index (χ0) is 15.9. The van der Waals surface area contributed by atoms with Gasteiger partial charge >= 0.3 is 0 Å². The van der Waals surface area contributed by atoms with Crippen molar-refractivity contribution in [3.05, 3.63) is 47.3 Å². The lowest BCUT2D eigenvalue weighted by atomic mass is 10.1. The van der Waals surface area contributed by atoms with Gasteiger partial charge in [-0.25, -0.2) is 8.42 Å². The number of sulfone groups is 1. The molecule has 3 aromatic rings. The van der Waals surface area contributed by atoms with Crippen molar-refractivity contribution < 1.29 is 8.42 Å². The van der Waals surface area contributed by atoms with Crippen LogP contribution in [-0.2, 0) is 16.4 Å². The molecule has 1 aliphatic heterocycles. The van der Waals surface area contributed by atoms with Gasteiger partial charge in [0.1, 0.15) is 0 Å². The number of nitrogens with one attached hydrogen (secondary N) is 1. The summed E-state index contributed by atoms with van der Waals surface area (Å²) in [6, 6.07) is 9.44. The third-order valence-corrected chi connectivity index (χ3v) is 7.08. The molecule has 0 spiro atoms. The molecular weight excluding hydrogens is 328 g/mol. The normalized spacial score (nSPS) is 18.7. The molecule has 0 radical (unpaired) electrons. The van der Waals surface area contributed by atoms with E-state index in [0.717, 1.165) is 37.0 Å². The summed E-state index contributed by atoms with van der Waals surface area (Å²) < 4.78 is 28.0. The molecule has 1 N–H and O–H groups in total. The molecule has 0 saturated carbocycles. The van der Waals surface area contributed by atoms with Crippen molar-refractivity contribution in [3.8, 4) is 0 Å². The zero-order valence-corrected chi connectivity index (χ0v) is 14.2. The first kappa shape index (κ1) is 14.9. The van der Waals surface area contributed by atoms with Crippen LogP contribution in [0.5, 0.6) is 0 Å². The van der Waals surface area contributed by atoms with Crippen LogP contribution >= 0.6 is 11.3 Å². The molecule has 6 heteroatoms. The fourth-order valence-corrected chi connectivity index (χ4v) is 5.76. The summed E-state index contributed by atoms with van der Waals surface area (Å²) in [7, 11) is -3.46. The average Bonchev–Trinajstić information content (AvgIpc) is 3.29. The summed E-state index contributed by atoms with van der Waals surface area (Å²) in [5.41, 5.74) is 0.994. The molecule has 0 aliphatic carbocycles. The minimum absolute atomic E-state index is 0.382. The zero-order valence-electron chi connectivity index (χ0n) is 12.6. The molecule has 2 aromatic heterocycles. The summed E-state index contributed by atoms with van der Waals surface area (Å²) in [5, 5.41) is 7.68. The van der Waals surface area contributed by atoms with Gasteiger partial charge in [0.2, 0.25) is 9.84 Å². The maximum absolute atomic E-state index is 12.9. The number of nitrogens with zero attached hydrogens (tertiary/aromatic N) is 1. The number of fused-ring (bicyclic) bond motifs is 1. The highest BCUT2D eigenvalue weighted by molar-refractivity contribution is 7.91. The molecule has 1 fully saturated rings. The monoisotopic (exact) mass is 346 g/mol. The highest BCUT2D eigenvalue weighted by atomic mass is 32.2. The molecule has 3 heterocycles. The summed E-state index contributed by atoms with van der Waals surface area (Å²) in [4.78, 5) is 0.797. The number of hydrogen-bond donors (Lipinski definition) is 1. The lowest BCUT2D eigenvalue weighted by Gasteiger charge is -2.10. The maximum Gasteiger partial charge on any atom is 0.209 e. The molecule has 0 amide bonds. The Labute approximate surface area is 139 Å². The van der Waals surface area contributed by atoms with E-state index in [1.807, 2.05) is 30.5 Å². The first-order chi connectivity index (χ1) is 11.2. The van der Waals surface area contributed by atoms with E-state index < -0.39 is 9.84 Å². The summed E-state index contributed by atoms with van der Waals surface area (Å²) >= 11 is 1.41. The SMILES string of the molecule is O=S(=O)(c1ccsc1)c1cn(CC2CCNC2)c2ccccc12. The van der Waals surface area contributed by atoms with Crippen molar-refractivity contribution in [2.24, 2.45) is 5.92 Å². The van der Waals surface area contributed by atoms with Gasteiger partial charge in [0.05, 0.1) is 9.79 Å². The largest absolute Gasteiger partial charge is 0.346 e. The number of para-hydroxylation sites is 1. The van der Waals surface area contributed by atoms with Gasteiger partial charge in [0, 0.05) is 29.0 Å². The van der Waals surface area contributed by atoms with Gasteiger partial charge < -0.3 is 9.88 Å². The lowest BCUT2D eigenvalue weighted by molar-refractivity contribution is 0.489. The predicted octanol–water partition coefficient (Wildman–Crippen LogP) is 3.15. The number of benzene rings is 1. The lowest BCUT2D eigenvalue weighted by Crippen LogP contribution is -2.14. The Morgan fingerprint density at radius 1 is 1.26 bits per heavy atom. The van der Waals surface area contributed by atoms with E-state index in [1.165, 1.54) is 11.3 Å². The summed E-state index contributed by atoms with van der Waals surface area (Å²) in [6.45, 7) is 2.90. The molecule has 4 nitrogen and oxygen atoms in total. The maximum atomic E-state index is 12.9. The highest BCUT2D eigenvalue weighted by Gasteiger charge is 2.24. The second-order valence-electron chi connectivity index (χ2n) is 5.98. The van der Waals surface area contributed by atoms with Gasteiger partial charge in [-0.3, -0.25) is 0 Å². The first-order valence-electron chi connectivity index (χ1n) is 7.72. The summed E-state index contributed by atoms with van der Waals surface area (Å²) in [5.74, 6) is 0.558. The van der Waals surface area contributed by atoms with Gasteiger partial charge in [-0.05, 0) is 42.9 Å². The van der Waals surface area contributed by atoms with Crippen molar-refractivity contribution >= 4 is 32.1 Å². The van der Waals surface area contributed by atoms with Crippen LogP contribution in [0.3, 0.4) is 0 Å². The molecule has 1 aliphatic rings. The Balaban J connectivity index is 1.84. The topological polar surface area (TPSA) is 51.1 Å². The van der Waals surface area contributed by atoms with Crippen LogP contribution < -0.4 is 5.32 Å². The van der Waals surface area contributed by atoms with Gasteiger partial charge in [-0.15, -0.1) is 0 Å². The molecule has 1 unspecified atom stereocenters. The van der Waals surface area contributed by atoms with E-state index in [1.54, 1.807) is 16.8 Å². The number of aromatic nitrogens is 1. The number of hydrogen-bond acceptors (Lipinski definition) is 4. The van der Waals surface area contributed by atoms with Crippen LogP contribution in [0.4, 0.5) is 0 Å². The van der Waals surface area contributed by atoms with E-state index in [-0.39, 0.29) is 0 Å². The van der Waals surface area contributed by atoms with Crippen LogP contribution in [0.15, 0.2) is 57.1 Å². The average molecular weight is 346 g/mol. The highest BCUT2D eigenvalue weighted by Crippen LogP contribution is 2.31. The van der Waals surface area contributed by atoms with Crippen molar-refractivity contribution in [3.63, 3.8) is 0 Å². The smallest absolute Gasteiger partial charge is 0.209 e. The Bertz CT molecular complexity index is 921. The van der Waals surface area contributed by atoms with Crippen molar-refractivity contribution in [1.82, 2.24) is 9.88 Å². The second kappa shape index (κ2) is 5.78. The van der Waals surface area contributed by atoms with Gasteiger partial charge in [0.15, 0.2) is 0 Å². The van der Waals surface area contributed by atoms with Crippen molar-refractivity contribution in [1.29, 1.82) is 0 Å². The minimum atomic E-state index is -3.46. The quantitative estimate of drug-likeness (QED) is 0.789. The number of rotatable bonds is 4. The first-order valence-corrected chi connectivity index (χ1v) is 10.1. The molecule has 1 atom stereocenters. The van der Waals surface area contributed by atoms with Crippen LogP contribution in [0.2, 0.25) is 0 Å². The molecule has 0 bridgehead atoms. The van der Waals surface area contributed by atoms with Gasteiger partial charge in [0.25, 0.3) is 0 Å². The van der Waals surface area contributed by atoms with Gasteiger partial charge in [-0.1, -0.05) is 18.2 Å². The van der Waals surface area contributed by atoms with Crippen molar-refractivity contribution in [2.75, 3.05) is 13.1 Å². The Morgan fingerprint density at radius 2 is 2.13 bits per heavy atom. The van der Waals surface area contributed by atoms with Crippen LogP contribution in [0.25, 0.3) is 10.9 Å². The molecular formula is C17H18N2O2S2. The predicted molar refractivity (Wildman–Crippen MR) is 92.7 cm³/mol. The van der Waals surface area contributed by atoms with E-state index in [0.29, 0.717) is 15.7 Å². The van der Waals surface area contributed by atoms with E-state index in [9.17, 15) is 8.42 Å². The van der Waals surface area contributed by atoms with E-state index >= 15 is 0 Å².